The Kier molecular flexibility index (Phi) is 6.52. The summed E-state index contributed by atoms with van der Waals surface area (Å²) in [5.41, 5.74) is 1.49. The number of anilines is 1. The van der Waals surface area contributed by atoms with Crippen LogP contribution in [-0.2, 0) is 9.31 Å². The molecule has 0 spiro atoms. The van der Waals surface area contributed by atoms with Crippen LogP contribution in [0.1, 0.15) is 53.5 Å². The number of hydrogen-bond donors (Lipinski definition) is 1. The molecule has 25 heavy (non-hydrogen) atoms. The number of rotatable bonds is 8. The molecular formula is C19H34BN3O2. The fourth-order valence-electron chi connectivity index (χ4n) is 2.94. The highest BCUT2D eigenvalue weighted by atomic mass is 16.7. The first-order chi connectivity index (χ1) is 11.7. The quantitative estimate of drug-likeness (QED) is 0.579. The van der Waals surface area contributed by atoms with Crippen LogP contribution in [0.2, 0.25) is 0 Å². The molecule has 1 fully saturated rings. The number of pyridine rings is 1. The smallest absolute Gasteiger partial charge is 0.399 e. The Morgan fingerprint density at radius 3 is 2.24 bits per heavy atom. The van der Waals surface area contributed by atoms with Crippen molar-refractivity contribution in [1.82, 2.24) is 9.88 Å². The maximum Gasteiger partial charge on any atom is 0.496 e. The van der Waals surface area contributed by atoms with Gasteiger partial charge in [-0.15, -0.1) is 0 Å². The van der Waals surface area contributed by atoms with Crippen LogP contribution in [-0.4, -0.2) is 54.4 Å². The summed E-state index contributed by atoms with van der Waals surface area (Å²) in [6.07, 6.45) is 2.99. The van der Waals surface area contributed by atoms with Crippen molar-refractivity contribution >= 4 is 18.4 Å². The maximum absolute atomic E-state index is 6.13. The van der Waals surface area contributed by atoms with Crippen LogP contribution in [0.4, 0.5) is 5.82 Å². The van der Waals surface area contributed by atoms with Crippen LogP contribution in [0.25, 0.3) is 0 Å². The SMILES string of the molecule is CCN(CC)CCCNc1cc(C)c(B2OC(C)(C)C(C)(C)O2)cn1. The van der Waals surface area contributed by atoms with E-state index in [0.717, 1.165) is 49.4 Å². The zero-order valence-electron chi connectivity index (χ0n) is 17.0. The van der Waals surface area contributed by atoms with Crippen molar-refractivity contribution in [1.29, 1.82) is 0 Å². The van der Waals surface area contributed by atoms with E-state index in [0.29, 0.717) is 0 Å². The lowest BCUT2D eigenvalue weighted by Crippen LogP contribution is -2.41. The second-order valence-corrected chi connectivity index (χ2v) is 7.82. The van der Waals surface area contributed by atoms with E-state index in [2.05, 4.69) is 69.7 Å². The van der Waals surface area contributed by atoms with Gasteiger partial charge in [-0.25, -0.2) is 4.98 Å². The summed E-state index contributed by atoms with van der Waals surface area (Å²) in [5.74, 6) is 0.914. The van der Waals surface area contributed by atoms with Crippen LogP contribution in [0, 0.1) is 6.92 Å². The number of aromatic nitrogens is 1. The number of nitrogens with one attached hydrogen (secondary N) is 1. The van der Waals surface area contributed by atoms with Crippen LogP contribution >= 0.6 is 0 Å². The summed E-state index contributed by atoms with van der Waals surface area (Å²) in [6, 6.07) is 2.08. The zero-order valence-corrected chi connectivity index (χ0v) is 17.0. The van der Waals surface area contributed by atoms with Gasteiger partial charge >= 0.3 is 7.12 Å². The van der Waals surface area contributed by atoms with E-state index < -0.39 is 0 Å². The Morgan fingerprint density at radius 2 is 1.72 bits per heavy atom. The Labute approximate surface area is 153 Å². The lowest BCUT2D eigenvalue weighted by atomic mass is 9.77. The van der Waals surface area contributed by atoms with E-state index in [4.69, 9.17) is 9.31 Å². The first-order valence-corrected chi connectivity index (χ1v) is 9.48. The van der Waals surface area contributed by atoms with Crippen LogP contribution in [0.15, 0.2) is 12.3 Å². The van der Waals surface area contributed by atoms with E-state index in [1.165, 1.54) is 0 Å². The van der Waals surface area contributed by atoms with Gasteiger partial charge in [0, 0.05) is 18.2 Å². The molecule has 5 nitrogen and oxygen atoms in total. The molecule has 2 rings (SSSR count). The third-order valence-corrected chi connectivity index (χ3v) is 5.51. The van der Waals surface area contributed by atoms with Crippen molar-refractivity contribution < 1.29 is 9.31 Å². The topological polar surface area (TPSA) is 46.6 Å². The van der Waals surface area contributed by atoms with E-state index in [9.17, 15) is 0 Å². The molecule has 140 valence electrons. The van der Waals surface area contributed by atoms with Crippen LogP contribution < -0.4 is 10.8 Å². The Hall–Kier alpha value is -1.11. The van der Waals surface area contributed by atoms with Gasteiger partial charge in [-0.05, 0) is 72.3 Å². The second-order valence-electron chi connectivity index (χ2n) is 7.82. The normalized spacial score (nSPS) is 18.8. The van der Waals surface area contributed by atoms with Gasteiger partial charge in [0.25, 0.3) is 0 Å². The molecule has 1 aromatic heterocycles. The molecule has 6 heteroatoms. The van der Waals surface area contributed by atoms with Gasteiger partial charge < -0.3 is 19.5 Å². The van der Waals surface area contributed by atoms with Gasteiger partial charge in [-0.2, -0.15) is 0 Å². The Morgan fingerprint density at radius 1 is 1.12 bits per heavy atom. The lowest BCUT2D eigenvalue weighted by molar-refractivity contribution is 0.00578. The molecule has 1 aliphatic heterocycles. The fraction of sp³-hybridized carbons (Fsp3) is 0.737. The van der Waals surface area contributed by atoms with Crippen molar-refractivity contribution in [2.75, 3.05) is 31.5 Å². The molecular weight excluding hydrogens is 313 g/mol. The van der Waals surface area contributed by atoms with E-state index in [1.807, 2.05) is 6.20 Å². The average molecular weight is 347 g/mol. The molecule has 0 saturated carbocycles. The summed E-state index contributed by atoms with van der Waals surface area (Å²) in [4.78, 5) is 6.98. The Balaban J connectivity index is 1.93. The van der Waals surface area contributed by atoms with Crippen LogP contribution in [0.3, 0.4) is 0 Å². The van der Waals surface area contributed by atoms with Crippen LogP contribution in [0.5, 0.6) is 0 Å². The third kappa shape index (κ3) is 4.75. The zero-order chi connectivity index (χ0) is 18.7. The molecule has 0 unspecified atom stereocenters. The first-order valence-electron chi connectivity index (χ1n) is 9.48. The monoisotopic (exact) mass is 347 g/mol. The van der Waals surface area contributed by atoms with Gasteiger partial charge in [0.05, 0.1) is 11.2 Å². The molecule has 0 bridgehead atoms. The maximum atomic E-state index is 6.13. The van der Waals surface area contributed by atoms with Crippen molar-refractivity contribution in [3.05, 3.63) is 17.8 Å². The fourth-order valence-corrected chi connectivity index (χ4v) is 2.94. The second kappa shape index (κ2) is 8.06. The molecule has 1 aliphatic rings. The van der Waals surface area contributed by atoms with E-state index in [1.54, 1.807) is 0 Å². The summed E-state index contributed by atoms with van der Waals surface area (Å²) in [6.45, 7) is 19.0. The minimum absolute atomic E-state index is 0.328. The predicted molar refractivity (Wildman–Crippen MR) is 106 cm³/mol. The molecule has 0 aliphatic carbocycles. The highest BCUT2D eigenvalue weighted by Gasteiger charge is 2.52. The summed E-state index contributed by atoms with van der Waals surface area (Å²) in [7, 11) is -0.353. The van der Waals surface area contributed by atoms with Crippen molar-refractivity contribution in [3.8, 4) is 0 Å². The molecule has 0 aromatic carbocycles. The molecule has 0 atom stereocenters. The molecule has 1 N–H and O–H groups in total. The lowest BCUT2D eigenvalue weighted by Gasteiger charge is -2.32. The van der Waals surface area contributed by atoms with Gasteiger partial charge in [-0.1, -0.05) is 13.8 Å². The minimum atomic E-state index is -0.353. The number of hydrogen-bond acceptors (Lipinski definition) is 5. The van der Waals surface area contributed by atoms with Crippen molar-refractivity contribution in [2.24, 2.45) is 0 Å². The standard InChI is InChI=1S/C19H34BN3O2/c1-8-23(9-2)12-10-11-21-17-13-15(3)16(14-22-17)20-24-18(4,5)19(6,7)25-20/h13-14H,8-12H2,1-7H3,(H,21,22). The van der Waals surface area contributed by atoms with Gasteiger partial charge in [0.15, 0.2) is 0 Å². The highest BCUT2D eigenvalue weighted by molar-refractivity contribution is 6.62. The molecule has 1 aromatic rings. The average Bonchev–Trinajstić information content (AvgIpc) is 2.75. The predicted octanol–water partition coefficient (Wildman–Crippen LogP) is 2.83. The van der Waals surface area contributed by atoms with Gasteiger partial charge in [-0.3, -0.25) is 0 Å². The van der Waals surface area contributed by atoms with Crippen molar-refractivity contribution in [2.45, 2.75) is 66.1 Å². The molecule has 0 radical (unpaired) electrons. The summed E-state index contributed by atoms with van der Waals surface area (Å²) < 4.78 is 12.3. The third-order valence-electron chi connectivity index (χ3n) is 5.51. The van der Waals surface area contributed by atoms with Crippen molar-refractivity contribution in [3.63, 3.8) is 0 Å². The molecule has 1 saturated heterocycles. The van der Waals surface area contributed by atoms with Gasteiger partial charge in [0.2, 0.25) is 0 Å². The largest absolute Gasteiger partial charge is 0.496 e. The molecule has 0 amide bonds. The summed E-state index contributed by atoms with van der Waals surface area (Å²) >= 11 is 0. The summed E-state index contributed by atoms with van der Waals surface area (Å²) in [5, 5.41) is 3.42. The van der Waals surface area contributed by atoms with E-state index >= 15 is 0 Å². The van der Waals surface area contributed by atoms with E-state index in [-0.39, 0.29) is 18.3 Å². The first kappa shape index (κ1) is 20.2. The van der Waals surface area contributed by atoms with Gasteiger partial charge in [0.1, 0.15) is 5.82 Å². The highest BCUT2D eigenvalue weighted by Crippen LogP contribution is 2.36. The number of aryl methyl sites for hydroxylation is 1. The minimum Gasteiger partial charge on any atom is -0.399 e. The Bertz CT molecular complexity index is 558. The molecule has 2 heterocycles. The number of nitrogens with zero attached hydrogens (tertiary/aromatic N) is 2.